The molecular formula is C19H20ClN2O5S. The monoisotopic (exact) mass is 423 g/mol. The fourth-order valence-electron chi connectivity index (χ4n) is 3.04. The van der Waals surface area contributed by atoms with Crippen LogP contribution in [-0.4, -0.2) is 42.6 Å². The van der Waals surface area contributed by atoms with Crippen LogP contribution in [0.5, 0.6) is 5.75 Å². The van der Waals surface area contributed by atoms with Gasteiger partial charge in [-0.05, 0) is 30.5 Å². The van der Waals surface area contributed by atoms with Crippen LogP contribution in [0.2, 0.25) is 5.02 Å². The highest BCUT2D eigenvalue weighted by molar-refractivity contribution is 7.89. The molecule has 0 aliphatic carbocycles. The number of piperidine rings is 1. The lowest BCUT2D eigenvalue weighted by Gasteiger charge is -2.31. The summed E-state index contributed by atoms with van der Waals surface area (Å²) < 4.78 is 32.3. The largest absolute Gasteiger partial charge is 0.483 e. The van der Waals surface area contributed by atoms with Crippen molar-refractivity contribution in [2.45, 2.75) is 18.9 Å². The predicted molar refractivity (Wildman–Crippen MR) is 107 cm³/mol. The minimum absolute atomic E-state index is 0.0643. The van der Waals surface area contributed by atoms with Gasteiger partial charge in [0.2, 0.25) is 10.0 Å². The molecular weight excluding hydrogens is 404 g/mol. The molecule has 0 N–H and O–H groups in total. The molecule has 149 valence electrons. The molecule has 0 atom stereocenters. The second kappa shape index (κ2) is 8.89. The molecule has 7 nitrogen and oxygen atoms in total. The zero-order valence-corrected chi connectivity index (χ0v) is 16.6. The molecule has 1 aliphatic rings. The van der Waals surface area contributed by atoms with Gasteiger partial charge in [0.1, 0.15) is 6.10 Å². The van der Waals surface area contributed by atoms with Gasteiger partial charge >= 0.3 is 5.69 Å². The van der Waals surface area contributed by atoms with E-state index in [0.29, 0.717) is 25.9 Å². The molecule has 3 rings (SSSR count). The Morgan fingerprint density at radius 1 is 1.18 bits per heavy atom. The van der Waals surface area contributed by atoms with Gasteiger partial charge in [-0.25, -0.2) is 12.7 Å². The van der Waals surface area contributed by atoms with E-state index in [4.69, 9.17) is 16.3 Å². The lowest BCUT2D eigenvalue weighted by atomic mass is 10.1. The zero-order valence-electron chi connectivity index (χ0n) is 15.0. The summed E-state index contributed by atoms with van der Waals surface area (Å²) >= 11 is 5.81. The smallest absolute Gasteiger partial charge is 0.312 e. The standard InChI is InChI=1S/C19H20ClN2O5S/c20-16-6-7-19(18(14-16)22(23)24)27-17-8-11-21(12-9-17)28(25,26)13-10-15-4-2-1-3-5-15/h1-7,10,14,17H,8-9,11-13H2. The molecule has 0 bridgehead atoms. The third-order valence-electron chi connectivity index (χ3n) is 4.53. The van der Waals surface area contributed by atoms with Crippen molar-refractivity contribution >= 4 is 27.3 Å². The van der Waals surface area contributed by atoms with Crippen molar-refractivity contribution in [2.24, 2.45) is 0 Å². The zero-order chi connectivity index (χ0) is 20.1. The van der Waals surface area contributed by atoms with Crippen LogP contribution in [0, 0.1) is 16.5 Å². The highest BCUT2D eigenvalue weighted by atomic mass is 35.5. The Bertz CT molecular complexity index is 929. The fraction of sp³-hybridized carbons (Fsp3) is 0.316. The Morgan fingerprint density at radius 2 is 1.86 bits per heavy atom. The summed E-state index contributed by atoms with van der Waals surface area (Å²) in [5, 5.41) is 11.4. The van der Waals surface area contributed by atoms with E-state index < -0.39 is 14.9 Å². The first-order valence-corrected chi connectivity index (χ1v) is 10.8. The van der Waals surface area contributed by atoms with Crippen LogP contribution >= 0.6 is 11.6 Å². The average molecular weight is 424 g/mol. The van der Waals surface area contributed by atoms with E-state index in [2.05, 4.69) is 0 Å². The number of nitro groups is 1. The highest BCUT2D eigenvalue weighted by Crippen LogP contribution is 2.32. The van der Waals surface area contributed by atoms with Gasteiger partial charge in [-0.1, -0.05) is 41.9 Å². The normalized spacial score (nSPS) is 16.0. The number of nitro benzene ring substituents is 1. The van der Waals surface area contributed by atoms with Crippen LogP contribution in [0.15, 0.2) is 48.5 Å². The van der Waals surface area contributed by atoms with Gasteiger partial charge in [0, 0.05) is 30.6 Å². The molecule has 1 saturated heterocycles. The van der Waals surface area contributed by atoms with E-state index in [9.17, 15) is 18.5 Å². The van der Waals surface area contributed by atoms with Crippen LogP contribution in [0.3, 0.4) is 0 Å². The SMILES string of the molecule is O=[N+]([O-])c1cc(Cl)ccc1OC1CCN(S(=O)(=O)C[CH]c2ccccc2)CC1. The van der Waals surface area contributed by atoms with E-state index in [1.807, 2.05) is 30.3 Å². The van der Waals surface area contributed by atoms with E-state index in [1.165, 1.54) is 22.5 Å². The van der Waals surface area contributed by atoms with Gasteiger partial charge in [-0.2, -0.15) is 0 Å². The van der Waals surface area contributed by atoms with Crippen LogP contribution < -0.4 is 4.74 Å². The first-order valence-electron chi connectivity index (χ1n) is 8.82. The summed E-state index contributed by atoms with van der Waals surface area (Å²) in [5.74, 6) is 0.0821. The molecule has 0 saturated carbocycles. The van der Waals surface area contributed by atoms with E-state index in [1.54, 1.807) is 6.42 Å². The van der Waals surface area contributed by atoms with Crippen molar-refractivity contribution in [2.75, 3.05) is 18.8 Å². The Morgan fingerprint density at radius 3 is 2.50 bits per heavy atom. The van der Waals surface area contributed by atoms with Crippen molar-refractivity contribution in [3.63, 3.8) is 0 Å². The van der Waals surface area contributed by atoms with E-state index >= 15 is 0 Å². The van der Waals surface area contributed by atoms with Crippen molar-refractivity contribution in [1.82, 2.24) is 4.31 Å². The molecule has 1 heterocycles. The molecule has 9 heteroatoms. The Kier molecular flexibility index (Phi) is 6.53. The molecule has 0 amide bonds. The fourth-order valence-corrected chi connectivity index (χ4v) is 4.58. The number of hydrogen-bond acceptors (Lipinski definition) is 5. The van der Waals surface area contributed by atoms with Gasteiger partial charge in [-0.15, -0.1) is 0 Å². The van der Waals surface area contributed by atoms with Crippen LogP contribution in [0.4, 0.5) is 5.69 Å². The summed E-state index contributed by atoms with van der Waals surface area (Å²) in [6.45, 7) is 0.633. The molecule has 0 unspecified atom stereocenters. The lowest BCUT2D eigenvalue weighted by molar-refractivity contribution is -0.386. The number of hydrogen-bond donors (Lipinski definition) is 0. The molecule has 28 heavy (non-hydrogen) atoms. The minimum atomic E-state index is -3.41. The third kappa shape index (κ3) is 5.21. The number of rotatable bonds is 7. The maximum atomic E-state index is 12.6. The van der Waals surface area contributed by atoms with E-state index in [-0.39, 0.29) is 28.3 Å². The summed E-state index contributed by atoms with van der Waals surface area (Å²) in [7, 11) is -3.41. The van der Waals surface area contributed by atoms with Crippen molar-refractivity contribution < 1.29 is 18.1 Å². The molecule has 1 fully saturated rings. The topological polar surface area (TPSA) is 89.8 Å². The first-order chi connectivity index (χ1) is 13.3. The second-order valence-electron chi connectivity index (χ2n) is 6.48. The molecule has 0 aromatic heterocycles. The predicted octanol–water partition coefficient (Wildman–Crippen LogP) is 3.67. The maximum Gasteiger partial charge on any atom is 0.312 e. The number of halogens is 1. The van der Waals surface area contributed by atoms with Crippen molar-refractivity contribution in [3.05, 3.63) is 75.7 Å². The van der Waals surface area contributed by atoms with Crippen LogP contribution in [0.1, 0.15) is 18.4 Å². The van der Waals surface area contributed by atoms with Gasteiger partial charge in [-0.3, -0.25) is 10.1 Å². The maximum absolute atomic E-state index is 12.6. The molecule has 1 aliphatic heterocycles. The lowest BCUT2D eigenvalue weighted by Crippen LogP contribution is -2.42. The van der Waals surface area contributed by atoms with Crippen molar-refractivity contribution in [3.8, 4) is 5.75 Å². The van der Waals surface area contributed by atoms with Crippen LogP contribution in [-0.2, 0) is 10.0 Å². The van der Waals surface area contributed by atoms with Crippen molar-refractivity contribution in [1.29, 1.82) is 0 Å². The average Bonchev–Trinajstić information content (AvgIpc) is 2.69. The highest BCUT2D eigenvalue weighted by Gasteiger charge is 2.30. The first kappa shape index (κ1) is 20.6. The summed E-state index contributed by atoms with van der Waals surface area (Å²) in [6.07, 6.45) is 2.33. The molecule has 0 spiro atoms. The Labute approximate surface area is 169 Å². The Hall–Kier alpha value is -2.16. The van der Waals surface area contributed by atoms with Crippen LogP contribution in [0.25, 0.3) is 0 Å². The minimum Gasteiger partial charge on any atom is -0.483 e. The van der Waals surface area contributed by atoms with Gasteiger partial charge in [0.15, 0.2) is 5.75 Å². The quantitative estimate of drug-likeness (QED) is 0.500. The Balaban J connectivity index is 1.56. The number of nitrogens with zero attached hydrogens (tertiary/aromatic N) is 2. The number of benzene rings is 2. The summed E-state index contributed by atoms with van der Waals surface area (Å²) in [5.41, 5.74) is 0.666. The third-order valence-corrected chi connectivity index (χ3v) is 6.51. The van der Waals surface area contributed by atoms with Gasteiger partial charge < -0.3 is 4.74 Å². The van der Waals surface area contributed by atoms with E-state index in [0.717, 1.165) is 5.56 Å². The number of ether oxygens (including phenoxy) is 1. The summed E-state index contributed by atoms with van der Waals surface area (Å²) in [6, 6.07) is 13.6. The summed E-state index contributed by atoms with van der Waals surface area (Å²) in [4.78, 5) is 10.6. The van der Waals surface area contributed by atoms with Gasteiger partial charge in [0.25, 0.3) is 0 Å². The molecule has 2 aromatic carbocycles. The van der Waals surface area contributed by atoms with Gasteiger partial charge in [0.05, 0.1) is 10.7 Å². The molecule has 1 radical (unpaired) electrons. The second-order valence-corrected chi connectivity index (χ2v) is 8.93. The molecule has 2 aromatic rings. The number of sulfonamides is 1.